The summed E-state index contributed by atoms with van der Waals surface area (Å²) in [5.74, 6) is -0.412. The van der Waals surface area contributed by atoms with Crippen LogP contribution in [0.5, 0.6) is 0 Å². The maximum Gasteiger partial charge on any atom is 0.389 e. The highest BCUT2D eigenvalue weighted by molar-refractivity contribution is 5.74. The summed E-state index contributed by atoms with van der Waals surface area (Å²) in [4.78, 5) is 10.5. The molecule has 0 fully saturated rings. The van der Waals surface area contributed by atoms with Crippen molar-refractivity contribution >= 4 is 5.91 Å². The number of hydrogen-bond donors (Lipinski definition) is 2. The lowest BCUT2D eigenvalue weighted by molar-refractivity contribution is -0.135. The number of hydrogen-bond acceptors (Lipinski definition) is 2. The fourth-order valence-corrected chi connectivity index (χ4v) is 1.17. The van der Waals surface area contributed by atoms with E-state index in [-0.39, 0.29) is 18.9 Å². The van der Waals surface area contributed by atoms with Crippen LogP contribution in [0.25, 0.3) is 0 Å². The van der Waals surface area contributed by atoms with Crippen LogP contribution in [0.15, 0.2) is 0 Å². The lowest BCUT2D eigenvalue weighted by Crippen LogP contribution is -2.31. The number of carbonyl (C=O) groups excluding carboxylic acids is 1. The van der Waals surface area contributed by atoms with E-state index in [1.54, 1.807) is 6.92 Å². The number of alkyl halides is 3. The molecule has 0 aromatic rings. The molecule has 0 aromatic carbocycles. The zero-order valence-corrected chi connectivity index (χ0v) is 8.73. The Labute approximate surface area is 87.2 Å². The first-order valence-corrected chi connectivity index (χ1v) is 4.89. The fraction of sp³-hybridized carbons (Fsp3) is 0.889. The first-order valence-electron chi connectivity index (χ1n) is 4.89. The number of primary amides is 1. The highest BCUT2D eigenvalue weighted by Gasteiger charge is 2.25. The van der Waals surface area contributed by atoms with Gasteiger partial charge in [0.1, 0.15) is 0 Å². The zero-order chi connectivity index (χ0) is 11.9. The van der Waals surface area contributed by atoms with Gasteiger partial charge in [0, 0.05) is 18.9 Å². The van der Waals surface area contributed by atoms with Gasteiger partial charge in [0.2, 0.25) is 5.91 Å². The molecule has 0 aliphatic heterocycles. The van der Waals surface area contributed by atoms with Crippen molar-refractivity contribution in [2.24, 2.45) is 5.73 Å². The van der Waals surface area contributed by atoms with E-state index in [4.69, 9.17) is 5.73 Å². The van der Waals surface area contributed by atoms with Gasteiger partial charge in [0.15, 0.2) is 0 Å². The summed E-state index contributed by atoms with van der Waals surface area (Å²) in [6, 6.07) is -0.0756. The van der Waals surface area contributed by atoms with Gasteiger partial charge in [0.05, 0.1) is 0 Å². The van der Waals surface area contributed by atoms with Crippen LogP contribution in [-0.2, 0) is 4.79 Å². The van der Waals surface area contributed by atoms with Crippen molar-refractivity contribution < 1.29 is 18.0 Å². The molecule has 90 valence electrons. The summed E-state index contributed by atoms with van der Waals surface area (Å²) in [5.41, 5.74) is 4.95. The Morgan fingerprint density at radius 2 is 2.00 bits per heavy atom. The summed E-state index contributed by atoms with van der Waals surface area (Å²) in [5, 5.41) is 2.93. The van der Waals surface area contributed by atoms with Gasteiger partial charge in [0.25, 0.3) is 0 Å². The van der Waals surface area contributed by atoms with Gasteiger partial charge in [-0.2, -0.15) is 13.2 Å². The van der Waals surface area contributed by atoms with Gasteiger partial charge in [-0.3, -0.25) is 4.79 Å². The van der Waals surface area contributed by atoms with Crippen LogP contribution in [0, 0.1) is 0 Å². The summed E-state index contributed by atoms with van der Waals surface area (Å²) >= 11 is 0. The lowest BCUT2D eigenvalue weighted by atomic mass is 10.2. The van der Waals surface area contributed by atoms with E-state index >= 15 is 0 Å². The zero-order valence-electron chi connectivity index (χ0n) is 8.73. The van der Waals surface area contributed by atoms with Crippen molar-refractivity contribution in [1.82, 2.24) is 5.32 Å². The molecule has 1 amide bonds. The number of rotatable bonds is 7. The first-order chi connectivity index (χ1) is 6.81. The smallest absolute Gasteiger partial charge is 0.370 e. The molecule has 0 saturated heterocycles. The monoisotopic (exact) mass is 226 g/mol. The first kappa shape index (κ1) is 14.2. The normalized spacial score (nSPS) is 13.9. The van der Waals surface area contributed by atoms with E-state index in [1.807, 2.05) is 0 Å². The molecule has 0 aliphatic carbocycles. The molecule has 1 unspecified atom stereocenters. The van der Waals surface area contributed by atoms with E-state index in [0.29, 0.717) is 13.0 Å². The molecular weight excluding hydrogens is 209 g/mol. The van der Waals surface area contributed by atoms with Crippen molar-refractivity contribution in [3.63, 3.8) is 0 Å². The number of unbranched alkanes of at least 4 members (excludes halogenated alkanes) is 1. The van der Waals surface area contributed by atoms with Crippen LogP contribution in [0.1, 0.15) is 32.6 Å². The molecule has 1 atom stereocenters. The summed E-state index contributed by atoms with van der Waals surface area (Å²) in [6.45, 7) is 2.25. The Balaban J connectivity index is 3.35. The SMILES string of the molecule is CC(CC(N)=O)NCCCCC(F)(F)F. The maximum atomic E-state index is 11.7. The van der Waals surface area contributed by atoms with Gasteiger partial charge in [-0.1, -0.05) is 0 Å². The molecule has 0 aromatic heterocycles. The van der Waals surface area contributed by atoms with Crippen LogP contribution >= 0.6 is 0 Å². The van der Waals surface area contributed by atoms with Gasteiger partial charge in [-0.15, -0.1) is 0 Å². The predicted octanol–water partition coefficient (Wildman–Crippen LogP) is 1.57. The van der Waals surface area contributed by atoms with Crippen LogP contribution in [-0.4, -0.2) is 24.7 Å². The highest BCUT2D eigenvalue weighted by Crippen LogP contribution is 2.21. The fourth-order valence-electron chi connectivity index (χ4n) is 1.17. The Morgan fingerprint density at radius 3 is 2.47 bits per heavy atom. The highest BCUT2D eigenvalue weighted by atomic mass is 19.4. The van der Waals surface area contributed by atoms with Crippen molar-refractivity contribution in [2.45, 2.75) is 44.8 Å². The van der Waals surface area contributed by atoms with Crippen molar-refractivity contribution in [3.05, 3.63) is 0 Å². The van der Waals surface area contributed by atoms with Gasteiger partial charge in [-0.05, 0) is 26.3 Å². The van der Waals surface area contributed by atoms with Gasteiger partial charge >= 0.3 is 6.18 Å². The molecule has 6 heteroatoms. The van der Waals surface area contributed by atoms with Crippen molar-refractivity contribution in [2.75, 3.05) is 6.54 Å². The quantitative estimate of drug-likeness (QED) is 0.647. The third kappa shape index (κ3) is 11.1. The van der Waals surface area contributed by atoms with Crippen LogP contribution in [0.4, 0.5) is 13.2 Å². The van der Waals surface area contributed by atoms with Crippen LogP contribution < -0.4 is 11.1 Å². The second-order valence-corrected chi connectivity index (χ2v) is 3.60. The second-order valence-electron chi connectivity index (χ2n) is 3.60. The standard InChI is InChI=1S/C9H17F3N2O/c1-7(6-8(13)15)14-5-3-2-4-9(10,11)12/h7,14H,2-6H2,1H3,(H2,13,15). The van der Waals surface area contributed by atoms with E-state index < -0.39 is 18.5 Å². The lowest BCUT2D eigenvalue weighted by Gasteiger charge is -2.11. The summed E-state index contributed by atoms with van der Waals surface area (Å²) in [7, 11) is 0. The summed E-state index contributed by atoms with van der Waals surface area (Å²) < 4.78 is 35.2. The van der Waals surface area contributed by atoms with Crippen LogP contribution in [0.3, 0.4) is 0 Å². The van der Waals surface area contributed by atoms with E-state index in [9.17, 15) is 18.0 Å². The predicted molar refractivity (Wildman–Crippen MR) is 51.2 cm³/mol. The third-order valence-corrected chi connectivity index (χ3v) is 1.89. The number of halogens is 3. The molecule has 0 bridgehead atoms. The maximum absolute atomic E-state index is 11.7. The number of amides is 1. The Hall–Kier alpha value is -0.780. The number of nitrogens with one attached hydrogen (secondary N) is 1. The molecule has 0 heterocycles. The van der Waals surface area contributed by atoms with E-state index in [1.165, 1.54) is 0 Å². The van der Waals surface area contributed by atoms with E-state index in [2.05, 4.69) is 5.32 Å². The Bertz CT molecular complexity index is 194. The molecule has 15 heavy (non-hydrogen) atoms. The van der Waals surface area contributed by atoms with Gasteiger partial charge in [-0.25, -0.2) is 0 Å². The minimum absolute atomic E-state index is 0.0756. The van der Waals surface area contributed by atoms with Crippen molar-refractivity contribution in [3.8, 4) is 0 Å². The molecule has 0 saturated carbocycles. The number of nitrogens with two attached hydrogens (primary N) is 1. The third-order valence-electron chi connectivity index (χ3n) is 1.89. The van der Waals surface area contributed by atoms with Crippen molar-refractivity contribution in [1.29, 1.82) is 0 Å². The number of carbonyl (C=O) groups is 1. The molecule has 0 radical (unpaired) electrons. The largest absolute Gasteiger partial charge is 0.389 e. The Kier molecular flexibility index (Phi) is 6.31. The average molecular weight is 226 g/mol. The topological polar surface area (TPSA) is 55.1 Å². The molecule has 3 nitrogen and oxygen atoms in total. The molecule has 3 N–H and O–H groups in total. The van der Waals surface area contributed by atoms with Crippen LogP contribution in [0.2, 0.25) is 0 Å². The minimum Gasteiger partial charge on any atom is -0.370 e. The molecule has 0 spiro atoms. The summed E-state index contributed by atoms with van der Waals surface area (Å²) in [6.07, 6.45) is -4.06. The molecular formula is C9H17F3N2O. The second kappa shape index (κ2) is 6.66. The molecule has 0 aliphatic rings. The molecule has 0 rings (SSSR count). The average Bonchev–Trinajstić information content (AvgIpc) is 1.99. The van der Waals surface area contributed by atoms with Gasteiger partial charge < -0.3 is 11.1 Å². The minimum atomic E-state index is -4.07. The Morgan fingerprint density at radius 1 is 1.40 bits per heavy atom. The van der Waals surface area contributed by atoms with E-state index in [0.717, 1.165) is 0 Å².